The van der Waals surface area contributed by atoms with Crippen LogP contribution in [0.1, 0.15) is 12.8 Å². The van der Waals surface area contributed by atoms with Crippen LogP contribution in [0.25, 0.3) is 0 Å². The van der Waals surface area contributed by atoms with E-state index in [0.29, 0.717) is 24.5 Å². The Bertz CT molecular complexity index is 574. The van der Waals surface area contributed by atoms with E-state index in [1.165, 1.54) is 0 Å². The zero-order valence-corrected chi connectivity index (χ0v) is 14.4. The first-order chi connectivity index (χ1) is 10.7. The van der Waals surface area contributed by atoms with Crippen LogP contribution in [0.4, 0.5) is 5.69 Å². The summed E-state index contributed by atoms with van der Waals surface area (Å²) in [5.41, 5.74) is 0.769. The quantitative estimate of drug-likeness (QED) is 0.822. The molecule has 1 unspecified atom stereocenters. The molecule has 7 heteroatoms. The molecule has 2 saturated heterocycles. The maximum Gasteiger partial charge on any atom is 0.239 e. The van der Waals surface area contributed by atoms with Gasteiger partial charge in [-0.05, 0) is 37.6 Å². The Morgan fingerprint density at radius 2 is 2.04 bits per heavy atom. The molecule has 0 saturated carbocycles. The molecule has 0 bridgehead atoms. The van der Waals surface area contributed by atoms with Crippen molar-refractivity contribution >= 4 is 41.5 Å². The SMILES string of the molecule is Cl.O=C(C1CCN(c2cccc(Cl)c2)C1=O)N1CCCNCC1. The largest absolute Gasteiger partial charge is 0.341 e. The van der Waals surface area contributed by atoms with Crippen LogP contribution >= 0.6 is 24.0 Å². The lowest BCUT2D eigenvalue weighted by atomic mass is 10.1. The van der Waals surface area contributed by atoms with Gasteiger partial charge in [-0.25, -0.2) is 0 Å². The van der Waals surface area contributed by atoms with Gasteiger partial charge in [-0.2, -0.15) is 0 Å². The molecule has 0 radical (unpaired) electrons. The van der Waals surface area contributed by atoms with Crippen molar-refractivity contribution in [3.63, 3.8) is 0 Å². The second-order valence-electron chi connectivity index (χ2n) is 5.74. The summed E-state index contributed by atoms with van der Waals surface area (Å²) in [6.45, 7) is 3.70. The van der Waals surface area contributed by atoms with Crippen molar-refractivity contribution in [3.05, 3.63) is 29.3 Å². The Kier molecular flexibility index (Phi) is 6.27. The monoisotopic (exact) mass is 357 g/mol. The van der Waals surface area contributed by atoms with Crippen LogP contribution in [0, 0.1) is 5.92 Å². The Labute approximate surface area is 147 Å². The number of halogens is 2. The van der Waals surface area contributed by atoms with Gasteiger partial charge in [-0.3, -0.25) is 9.59 Å². The van der Waals surface area contributed by atoms with Gasteiger partial charge in [0.15, 0.2) is 0 Å². The zero-order valence-electron chi connectivity index (χ0n) is 12.8. The minimum absolute atomic E-state index is 0. The van der Waals surface area contributed by atoms with E-state index in [4.69, 9.17) is 11.6 Å². The molecule has 126 valence electrons. The molecule has 1 aromatic carbocycles. The molecule has 1 aromatic rings. The standard InChI is InChI=1S/C16H20ClN3O2.ClH/c17-12-3-1-4-13(11-12)20-9-5-14(16(20)22)15(21)19-8-2-6-18-7-10-19;/h1,3-4,11,14,18H,2,5-10H2;1H. The molecule has 2 aliphatic rings. The summed E-state index contributed by atoms with van der Waals surface area (Å²) in [5, 5.41) is 3.87. The molecule has 2 amide bonds. The molecular formula is C16H21Cl2N3O2. The van der Waals surface area contributed by atoms with E-state index in [1.54, 1.807) is 17.0 Å². The highest BCUT2D eigenvalue weighted by atomic mass is 35.5. The van der Waals surface area contributed by atoms with Crippen molar-refractivity contribution in [2.75, 3.05) is 37.6 Å². The smallest absolute Gasteiger partial charge is 0.239 e. The average molecular weight is 358 g/mol. The summed E-state index contributed by atoms with van der Waals surface area (Å²) in [5.74, 6) is -0.681. The Morgan fingerprint density at radius 3 is 2.83 bits per heavy atom. The van der Waals surface area contributed by atoms with Gasteiger partial charge in [0.05, 0.1) is 0 Å². The van der Waals surface area contributed by atoms with Gasteiger partial charge in [-0.1, -0.05) is 17.7 Å². The second-order valence-corrected chi connectivity index (χ2v) is 6.18. The summed E-state index contributed by atoms with van der Waals surface area (Å²) < 4.78 is 0. The van der Waals surface area contributed by atoms with Gasteiger partial charge in [0.2, 0.25) is 11.8 Å². The summed E-state index contributed by atoms with van der Waals surface area (Å²) >= 11 is 5.99. The summed E-state index contributed by atoms with van der Waals surface area (Å²) in [7, 11) is 0. The van der Waals surface area contributed by atoms with E-state index >= 15 is 0 Å². The third-order valence-corrected chi connectivity index (χ3v) is 4.51. The minimum atomic E-state index is -0.544. The van der Waals surface area contributed by atoms with E-state index < -0.39 is 5.92 Å². The topological polar surface area (TPSA) is 52.7 Å². The van der Waals surface area contributed by atoms with E-state index in [-0.39, 0.29) is 24.2 Å². The Hall–Kier alpha value is -1.30. The lowest BCUT2D eigenvalue weighted by Gasteiger charge is -2.23. The molecule has 2 aliphatic heterocycles. The number of nitrogens with zero attached hydrogens (tertiary/aromatic N) is 2. The summed E-state index contributed by atoms with van der Waals surface area (Å²) in [6.07, 6.45) is 1.51. The normalized spacial score (nSPS) is 21.8. The van der Waals surface area contributed by atoms with Crippen molar-refractivity contribution in [3.8, 4) is 0 Å². The number of hydrogen-bond acceptors (Lipinski definition) is 3. The zero-order chi connectivity index (χ0) is 15.5. The number of carbonyl (C=O) groups excluding carboxylic acids is 2. The fourth-order valence-corrected chi connectivity index (χ4v) is 3.28. The molecule has 0 spiro atoms. The maximum absolute atomic E-state index is 12.6. The Morgan fingerprint density at radius 1 is 1.22 bits per heavy atom. The van der Waals surface area contributed by atoms with Gasteiger partial charge in [0.1, 0.15) is 5.92 Å². The van der Waals surface area contributed by atoms with E-state index in [2.05, 4.69) is 5.32 Å². The molecule has 5 nitrogen and oxygen atoms in total. The van der Waals surface area contributed by atoms with Crippen molar-refractivity contribution in [2.24, 2.45) is 5.92 Å². The van der Waals surface area contributed by atoms with Gasteiger partial charge >= 0.3 is 0 Å². The first-order valence-corrected chi connectivity index (χ1v) is 8.11. The van der Waals surface area contributed by atoms with Gasteiger partial charge < -0.3 is 15.1 Å². The van der Waals surface area contributed by atoms with Crippen LogP contribution in [0.5, 0.6) is 0 Å². The average Bonchev–Trinajstić information content (AvgIpc) is 2.73. The van der Waals surface area contributed by atoms with Gasteiger partial charge in [0, 0.05) is 36.9 Å². The van der Waals surface area contributed by atoms with Crippen LogP contribution in [0.15, 0.2) is 24.3 Å². The third-order valence-electron chi connectivity index (χ3n) is 4.28. The highest BCUT2D eigenvalue weighted by molar-refractivity contribution is 6.31. The number of hydrogen-bond donors (Lipinski definition) is 1. The van der Waals surface area contributed by atoms with E-state index in [0.717, 1.165) is 31.7 Å². The fraction of sp³-hybridized carbons (Fsp3) is 0.500. The van der Waals surface area contributed by atoms with Crippen LogP contribution < -0.4 is 10.2 Å². The molecule has 1 N–H and O–H groups in total. The number of anilines is 1. The number of carbonyl (C=O) groups is 2. The van der Waals surface area contributed by atoms with E-state index in [9.17, 15) is 9.59 Å². The highest BCUT2D eigenvalue weighted by Gasteiger charge is 2.39. The minimum Gasteiger partial charge on any atom is -0.341 e. The van der Waals surface area contributed by atoms with Gasteiger partial charge in [0.25, 0.3) is 0 Å². The molecule has 0 aliphatic carbocycles. The highest BCUT2D eigenvalue weighted by Crippen LogP contribution is 2.28. The molecule has 2 heterocycles. The predicted octanol–water partition coefficient (Wildman–Crippen LogP) is 1.94. The first kappa shape index (κ1) is 18.0. The van der Waals surface area contributed by atoms with Crippen LogP contribution in [0.3, 0.4) is 0 Å². The molecule has 1 atom stereocenters. The third kappa shape index (κ3) is 3.97. The lowest BCUT2D eigenvalue weighted by molar-refractivity contribution is -0.139. The molecule has 0 aromatic heterocycles. The molecule has 3 rings (SSSR count). The van der Waals surface area contributed by atoms with Crippen LogP contribution in [-0.2, 0) is 9.59 Å². The Balaban J connectivity index is 0.00000192. The van der Waals surface area contributed by atoms with Crippen LogP contribution in [0.2, 0.25) is 5.02 Å². The van der Waals surface area contributed by atoms with Crippen molar-refractivity contribution in [2.45, 2.75) is 12.8 Å². The van der Waals surface area contributed by atoms with Crippen molar-refractivity contribution in [1.82, 2.24) is 10.2 Å². The van der Waals surface area contributed by atoms with Crippen molar-refractivity contribution < 1.29 is 9.59 Å². The number of benzene rings is 1. The van der Waals surface area contributed by atoms with E-state index in [1.807, 2.05) is 17.0 Å². The number of nitrogens with one attached hydrogen (secondary N) is 1. The number of rotatable bonds is 2. The molecule has 23 heavy (non-hydrogen) atoms. The van der Waals surface area contributed by atoms with Crippen LogP contribution in [-0.4, -0.2) is 49.4 Å². The van der Waals surface area contributed by atoms with Crippen molar-refractivity contribution in [1.29, 1.82) is 0 Å². The summed E-state index contributed by atoms with van der Waals surface area (Å²) in [4.78, 5) is 28.7. The maximum atomic E-state index is 12.6. The molecule has 2 fully saturated rings. The second kappa shape index (κ2) is 7.99. The number of amides is 2. The summed E-state index contributed by atoms with van der Waals surface area (Å²) in [6, 6.07) is 7.22. The lowest BCUT2D eigenvalue weighted by Crippen LogP contribution is -2.41. The van der Waals surface area contributed by atoms with Gasteiger partial charge in [-0.15, -0.1) is 12.4 Å². The predicted molar refractivity (Wildman–Crippen MR) is 93.2 cm³/mol. The molecular weight excluding hydrogens is 337 g/mol. The fourth-order valence-electron chi connectivity index (χ4n) is 3.10. The first-order valence-electron chi connectivity index (χ1n) is 7.73.